The zero-order valence-corrected chi connectivity index (χ0v) is 10.4. The van der Waals surface area contributed by atoms with E-state index in [9.17, 15) is 4.79 Å². The van der Waals surface area contributed by atoms with Crippen molar-refractivity contribution in [1.29, 1.82) is 0 Å². The van der Waals surface area contributed by atoms with Gasteiger partial charge in [-0.2, -0.15) is 5.10 Å². The van der Waals surface area contributed by atoms with Gasteiger partial charge in [0.05, 0.1) is 17.5 Å². The molecule has 0 saturated carbocycles. The summed E-state index contributed by atoms with van der Waals surface area (Å²) in [5, 5.41) is 15.4. The number of aryl methyl sites for hydroxylation is 1. The molecule has 2 N–H and O–H groups in total. The lowest BCUT2D eigenvalue weighted by atomic mass is 10.1. The number of hydrazone groups is 1. The second-order valence-electron chi connectivity index (χ2n) is 3.59. The van der Waals surface area contributed by atoms with E-state index >= 15 is 0 Å². The molecule has 0 spiro atoms. The Hall–Kier alpha value is -2.21. The second-order valence-corrected chi connectivity index (χ2v) is 4.45. The molecule has 5 nitrogen and oxygen atoms in total. The number of benzene rings is 1. The van der Waals surface area contributed by atoms with Gasteiger partial charge in [-0.1, -0.05) is 12.1 Å². The zero-order valence-electron chi connectivity index (χ0n) is 9.62. The highest BCUT2D eigenvalue weighted by atomic mass is 32.1. The van der Waals surface area contributed by atoms with E-state index in [1.54, 1.807) is 18.3 Å². The number of aromatic nitrogens is 1. The van der Waals surface area contributed by atoms with Crippen LogP contribution in [0.25, 0.3) is 0 Å². The molecule has 2 rings (SSSR count). The summed E-state index contributed by atoms with van der Waals surface area (Å²) in [6.45, 7) is 1.91. The summed E-state index contributed by atoms with van der Waals surface area (Å²) in [5.41, 5.74) is 4.84. The Morgan fingerprint density at radius 3 is 2.72 bits per heavy atom. The number of carboxylic acids is 1. The predicted molar refractivity (Wildman–Crippen MR) is 71.5 cm³/mol. The smallest absolute Gasteiger partial charge is 0.335 e. The van der Waals surface area contributed by atoms with Gasteiger partial charge >= 0.3 is 5.97 Å². The fraction of sp³-hybridized carbons (Fsp3) is 0.0833. The quantitative estimate of drug-likeness (QED) is 0.655. The standard InChI is InChI=1S/C12H11N3O2S/c1-8-7-18-12(14-8)15-13-6-9-2-4-10(5-3-9)11(16)17/h2-7H,1H3,(H,14,15)(H,16,17)/b13-6-. The first kappa shape index (κ1) is 12.3. The molecular weight excluding hydrogens is 250 g/mol. The van der Waals surface area contributed by atoms with Gasteiger partial charge in [0.25, 0.3) is 0 Å². The Kier molecular flexibility index (Phi) is 3.69. The lowest BCUT2D eigenvalue weighted by Gasteiger charge is -1.96. The molecule has 0 aliphatic heterocycles. The summed E-state index contributed by atoms with van der Waals surface area (Å²) >= 11 is 1.48. The van der Waals surface area contributed by atoms with Crippen molar-refractivity contribution in [1.82, 2.24) is 4.98 Å². The number of hydrogen-bond acceptors (Lipinski definition) is 5. The topological polar surface area (TPSA) is 74.6 Å². The summed E-state index contributed by atoms with van der Waals surface area (Å²) in [4.78, 5) is 14.9. The highest BCUT2D eigenvalue weighted by molar-refractivity contribution is 7.13. The molecule has 1 aromatic heterocycles. The van der Waals surface area contributed by atoms with E-state index in [2.05, 4.69) is 15.5 Å². The zero-order chi connectivity index (χ0) is 13.0. The maximum atomic E-state index is 10.7. The van der Waals surface area contributed by atoms with Gasteiger partial charge in [0.2, 0.25) is 5.13 Å². The maximum Gasteiger partial charge on any atom is 0.335 e. The summed E-state index contributed by atoms with van der Waals surface area (Å²) in [6, 6.07) is 6.47. The van der Waals surface area contributed by atoms with Crippen LogP contribution in [0.15, 0.2) is 34.7 Å². The van der Waals surface area contributed by atoms with Gasteiger partial charge in [-0.25, -0.2) is 9.78 Å². The van der Waals surface area contributed by atoms with Crippen LogP contribution in [-0.4, -0.2) is 22.3 Å². The number of anilines is 1. The number of rotatable bonds is 4. The Bertz CT molecular complexity index is 575. The number of nitrogens with zero attached hydrogens (tertiary/aromatic N) is 2. The van der Waals surface area contributed by atoms with E-state index in [1.165, 1.54) is 23.5 Å². The van der Waals surface area contributed by atoms with Gasteiger partial charge in [0, 0.05) is 5.38 Å². The van der Waals surface area contributed by atoms with Crippen LogP contribution in [0, 0.1) is 6.92 Å². The minimum absolute atomic E-state index is 0.260. The van der Waals surface area contributed by atoms with Crippen molar-refractivity contribution in [3.05, 3.63) is 46.5 Å². The number of carboxylic acid groups (broad SMARTS) is 1. The van der Waals surface area contributed by atoms with Gasteiger partial charge in [0.15, 0.2) is 0 Å². The minimum atomic E-state index is -0.935. The molecule has 0 bridgehead atoms. The molecule has 2 aromatic rings. The Balaban J connectivity index is 1.98. The summed E-state index contributed by atoms with van der Waals surface area (Å²) in [6.07, 6.45) is 1.61. The van der Waals surface area contributed by atoms with Crippen LogP contribution in [-0.2, 0) is 0 Å². The molecule has 92 valence electrons. The van der Waals surface area contributed by atoms with Gasteiger partial charge in [-0.15, -0.1) is 11.3 Å². The first-order chi connectivity index (χ1) is 8.65. The van der Waals surface area contributed by atoms with Gasteiger partial charge in [0.1, 0.15) is 0 Å². The first-order valence-corrected chi connectivity index (χ1v) is 6.07. The monoisotopic (exact) mass is 261 g/mol. The van der Waals surface area contributed by atoms with Gasteiger partial charge < -0.3 is 5.11 Å². The molecule has 18 heavy (non-hydrogen) atoms. The molecule has 0 aliphatic carbocycles. The molecule has 1 heterocycles. The lowest BCUT2D eigenvalue weighted by molar-refractivity contribution is 0.0697. The third-order valence-corrected chi connectivity index (χ3v) is 3.02. The molecule has 0 aliphatic rings. The van der Waals surface area contributed by atoms with Crippen LogP contribution in [0.1, 0.15) is 21.6 Å². The molecule has 1 aromatic carbocycles. The van der Waals surface area contributed by atoms with Crippen LogP contribution in [0.5, 0.6) is 0 Å². The SMILES string of the molecule is Cc1csc(N/N=C\c2ccc(C(=O)O)cc2)n1. The molecule has 0 amide bonds. The van der Waals surface area contributed by atoms with Crippen molar-refractivity contribution in [2.24, 2.45) is 5.10 Å². The highest BCUT2D eigenvalue weighted by Gasteiger charge is 2.00. The van der Waals surface area contributed by atoms with Crippen LogP contribution in [0.3, 0.4) is 0 Å². The predicted octanol–water partition coefficient (Wildman–Crippen LogP) is 2.60. The van der Waals surface area contributed by atoms with Gasteiger partial charge in [-0.05, 0) is 24.6 Å². The maximum absolute atomic E-state index is 10.7. The summed E-state index contributed by atoms with van der Waals surface area (Å²) < 4.78 is 0. The lowest BCUT2D eigenvalue weighted by Crippen LogP contribution is -1.96. The number of nitrogens with one attached hydrogen (secondary N) is 1. The van der Waals surface area contributed by atoms with Crippen LogP contribution >= 0.6 is 11.3 Å². The molecule has 0 atom stereocenters. The van der Waals surface area contributed by atoms with E-state index in [0.717, 1.165) is 16.4 Å². The Morgan fingerprint density at radius 2 is 2.17 bits per heavy atom. The van der Waals surface area contributed by atoms with E-state index in [-0.39, 0.29) is 5.56 Å². The van der Waals surface area contributed by atoms with Crippen molar-refractivity contribution in [2.45, 2.75) is 6.92 Å². The largest absolute Gasteiger partial charge is 0.478 e. The van der Waals surface area contributed by atoms with Gasteiger partial charge in [-0.3, -0.25) is 5.43 Å². The number of hydrogen-bond donors (Lipinski definition) is 2. The van der Waals surface area contributed by atoms with E-state index in [4.69, 9.17) is 5.11 Å². The van der Waals surface area contributed by atoms with Crippen molar-refractivity contribution in [3.63, 3.8) is 0 Å². The normalized spacial score (nSPS) is 10.7. The molecular formula is C12H11N3O2S. The fourth-order valence-electron chi connectivity index (χ4n) is 1.28. The molecule has 0 saturated heterocycles. The summed E-state index contributed by atoms with van der Waals surface area (Å²) in [7, 11) is 0. The first-order valence-electron chi connectivity index (χ1n) is 5.20. The van der Waals surface area contributed by atoms with Crippen molar-refractivity contribution >= 4 is 28.7 Å². The molecule has 0 unspecified atom stereocenters. The average Bonchev–Trinajstić information content (AvgIpc) is 2.76. The molecule has 0 radical (unpaired) electrons. The fourth-order valence-corrected chi connectivity index (χ4v) is 1.92. The molecule has 0 fully saturated rings. The van der Waals surface area contributed by atoms with E-state index in [0.29, 0.717) is 0 Å². The van der Waals surface area contributed by atoms with Crippen LogP contribution < -0.4 is 5.43 Å². The van der Waals surface area contributed by atoms with Crippen LogP contribution in [0.4, 0.5) is 5.13 Å². The third-order valence-electron chi connectivity index (χ3n) is 2.15. The van der Waals surface area contributed by atoms with Crippen molar-refractivity contribution in [2.75, 3.05) is 5.43 Å². The van der Waals surface area contributed by atoms with E-state index < -0.39 is 5.97 Å². The number of carbonyl (C=O) groups is 1. The number of thiazole rings is 1. The number of aromatic carboxylic acids is 1. The Morgan fingerprint density at radius 1 is 1.44 bits per heavy atom. The van der Waals surface area contributed by atoms with E-state index in [1.807, 2.05) is 12.3 Å². The highest BCUT2D eigenvalue weighted by Crippen LogP contribution is 2.13. The molecule has 6 heteroatoms. The Labute approximate surface area is 108 Å². The third kappa shape index (κ3) is 3.14. The van der Waals surface area contributed by atoms with Crippen molar-refractivity contribution < 1.29 is 9.90 Å². The second kappa shape index (κ2) is 5.42. The average molecular weight is 261 g/mol. The minimum Gasteiger partial charge on any atom is -0.478 e. The van der Waals surface area contributed by atoms with Crippen molar-refractivity contribution in [3.8, 4) is 0 Å². The van der Waals surface area contributed by atoms with Crippen LogP contribution in [0.2, 0.25) is 0 Å². The summed E-state index contributed by atoms with van der Waals surface area (Å²) in [5.74, 6) is -0.935.